The number of hydrogen-bond donors (Lipinski definition) is 1. The first-order valence-electron chi connectivity index (χ1n) is 7.02. The smallest absolute Gasteiger partial charge is 0.0795 e. The zero-order valence-electron chi connectivity index (χ0n) is 11.7. The fourth-order valence-electron chi connectivity index (χ4n) is 2.14. The summed E-state index contributed by atoms with van der Waals surface area (Å²) in [5.41, 5.74) is 5.85. The predicted molar refractivity (Wildman–Crippen MR) is 82.7 cm³/mol. The van der Waals surface area contributed by atoms with Crippen molar-refractivity contribution in [2.24, 2.45) is 0 Å². The second kappa shape index (κ2) is 7.41. The standard InChI is InChI=1S/C16H22N2S/c1-3-9-17-15(16-11-19-12-18-16)10-14-7-5-13(4-2)6-8-14/h5-8,11-12,15,17H,3-4,9-10H2,1-2H3. The summed E-state index contributed by atoms with van der Waals surface area (Å²) in [7, 11) is 0. The first-order valence-corrected chi connectivity index (χ1v) is 7.97. The quantitative estimate of drug-likeness (QED) is 0.826. The number of rotatable bonds is 7. The van der Waals surface area contributed by atoms with E-state index in [0.717, 1.165) is 31.5 Å². The van der Waals surface area contributed by atoms with E-state index in [0.29, 0.717) is 6.04 Å². The Kier molecular flexibility index (Phi) is 5.55. The van der Waals surface area contributed by atoms with E-state index in [1.165, 1.54) is 11.1 Å². The third-order valence-electron chi connectivity index (χ3n) is 3.32. The molecule has 19 heavy (non-hydrogen) atoms. The van der Waals surface area contributed by atoms with E-state index < -0.39 is 0 Å². The molecule has 1 heterocycles. The summed E-state index contributed by atoms with van der Waals surface area (Å²) >= 11 is 1.67. The lowest BCUT2D eigenvalue weighted by Crippen LogP contribution is -2.24. The predicted octanol–water partition coefficient (Wildman–Crippen LogP) is 3.99. The van der Waals surface area contributed by atoms with E-state index in [1.807, 2.05) is 5.51 Å². The zero-order valence-corrected chi connectivity index (χ0v) is 12.5. The Morgan fingerprint density at radius 1 is 1.16 bits per heavy atom. The van der Waals surface area contributed by atoms with Crippen LogP contribution >= 0.6 is 11.3 Å². The molecule has 0 fully saturated rings. The van der Waals surface area contributed by atoms with Crippen molar-refractivity contribution in [1.29, 1.82) is 0 Å². The van der Waals surface area contributed by atoms with Crippen LogP contribution in [0.5, 0.6) is 0 Å². The maximum Gasteiger partial charge on any atom is 0.0795 e. The lowest BCUT2D eigenvalue weighted by Gasteiger charge is -2.16. The molecule has 2 aromatic rings. The molecule has 0 aliphatic rings. The van der Waals surface area contributed by atoms with Crippen LogP contribution in [0.25, 0.3) is 0 Å². The molecule has 3 heteroatoms. The fraction of sp³-hybridized carbons (Fsp3) is 0.438. The van der Waals surface area contributed by atoms with E-state index >= 15 is 0 Å². The van der Waals surface area contributed by atoms with E-state index in [1.54, 1.807) is 11.3 Å². The topological polar surface area (TPSA) is 24.9 Å². The summed E-state index contributed by atoms with van der Waals surface area (Å²) in [6, 6.07) is 9.27. The van der Waals surface area contributed by atoms with Gasteiger partial charge in [-0.1, -0.05) is 38.1 Å². The molecule has 1 aromatic carbocycles. The highest BCUT2D eigenvalue weighted by Gasteiger charge is 2.13. The minimum atomic E-state index is 0.332. The molecule has 2 rings (SSSR count). The van der Waals surface area contributed by atoms with E-state index in [2.05, 4.69) is 53.8 Å². The van der Waals surface area contributed by atoms with Crippen LogP contribution in [0.4, 0.5) is 0 Å². The van der Waals surface area contributed by atoms with E-state index in [9.17, 15) is 0 Å². The lowest BCUT2D eigenvalue weighted by atomic mass is 10.0. The monoisotopic (exact) mass is 274 g/mol. The maximum atomic E-state index is 4.46. The molecule has 1 aromatic heterocycles. The minimum absolute atomic E-state index is 0.332. The summed E-state index contributed by atoms with van der Waals surface area (Å²) in [6.45, 7) is 5.42. The summed E-state index contributed by atoms with van der Waals surface area (Å²) < 4.78 is 0. The molecule has 0 saturated carbocycles. The summed E-state index contributed by atoms with van der Waals surface area (Å²) in [6.07, 6.45) is 3.26. The van der Waals surface area contributed by atoms with Crippen LogP contribution in [0, 0.1) is 0 Å². The summed E-state index contributed by atoms with van der Waals surface area (Å²) in [5, 5.41) is 5.74. The molecule has 0 aliphatic heterocycles. The van der Waals surface area contributed by atoms with Gasteiger partial charge in [-0.2, -0.15) is 0 Å². The number of hydrogen-bond acceptors (Lipinski definition) is 3. The van der Waals surface area contributed by atoms with Crippen molar-refractivity contribution in [2.45, 2.75) is 39.2 Å². The van der Waals surface area contributed by atoms with Gasteiger partial charge in [0.15, 0.2) is 0 Å². The number of thiazole rings is 1. The molecule has 1 atom stereocenters. The molecule has 1 N–H and O–H groups in total. The number of nitrogens with one attached hydrogen (secondary N) is 1. The molecular weight excluding hydrogens is 252 g/mol. The zero-order chi connectivity index (χ0) is 13.5. The average Bonchev–Trinajstić information content (AvgIpc) is 2.98. The third-order valence-corrected chi connectivity index (χ3v) is 3.92. The lowest BCUT2D eigenvalue weighted by molar-refractivity contribution is 0.520. The van der Waals surface area contributed by atoms with Gasteiger partial charge in [-0.15, -0.1) is 11.3 Å². The first-order chi connectivity index (χ1) is 9.33. The van der Waals surface area contributed by atoms with Crippen molar-refractivity contribution < 1.29 is 0 Å². The van der Waals surface area contributed by atoms with Gasteiger partial charge in [0.25, 0.3) is 0 Å². The van der Waals surface area contributed by atoms with Crippen molar-refractivity contribution in [3.63, 3.8) is 0 Å². The van der Waals surface area contributed by atoms with Gasteiger partial charge in [0.05, 0.1) is 17.2 Å². The Morgan fingerprint density at radius 3 is 2.47 bits per heavy atom. The Hall–Kier alpha value is -1.19. The Bertz CT molecular complexity index is 462. The van der Waals surface area contributed by atoms with Gasteiger partial charge in [0, 0.05) is 5.38 Å². The molecule has 102 valence electrons. The molecule has 0 aliphatic carbocycles. The van der Waals surface area contributed by atoms with Gasteiger partial charge in [-0.25, -0.2) is 4.98 Å². The second-order valence-corrected chi connectivity index (χ2v) is 5.51. The molecule has 0 amide bonds. The molecule has 0 radical (unpaired) electrons. The molecule has 1 unspecified atom stereocenters. The van der Waals surface area contributed by atoms with Crippen LogP contribution in [-0.2, 0) is 12.8 Å². The van der Waals surface area contributed by atoms with E-state index in [-0.39, 0.29) is 0 Å². The van der Waals surface area contributed by atoms with Crippen LogP contribution in [-0.4, -0.2) is 11.5 Å². The number of aryl methyl sites for hydroxylation is 1. The Labute approximate surface area is 119 Å². The van der Waals surface area contributed by atoms with Crippen LogP contribution in [0.3, 0.4) is 0 Å². The van der Waals surface area contributed by atoms with Crippen LogP contribution in [0.1, 0.15) is 43.1 Å². The van der Waals surface area contributed by atoms with Crippen molar-refractivity contribution >= 4 is 11.3 Å². The fourth-order valence-corrected chi connectivity index (χ4v) is 2.75. The highest BCUT2D eigenvalue weighted by Crippen LogP contribution is 2.19. The van der Waals surface area contributed by atoms with Crippen molar-refractivity contribution in [3.05, 3.63) is 52.0 Å². The molecule has 2 nitrogen and oxygen atoms in total. The normalized spacial score (nSPS) is 12.5. The summed E-state index contributed by atoms with van der Waals surface area (Å²) in [5.74, 6) is 0. The molecule has 0 saturated heterocycles. The molecular formula is C16H22N2S. The van der Waals surface area contributed by atoms with Gasteiger partial charge in [0.2, 0.25) is 0 Å². The SMILES string of the molecule is CCCNC(Cc1ccc(CC)cc1)c1cscn1. The van der Waals surface area contributed by atoms with Gasteiger partial charge >= 0.3 is 0 Å². The second-order valence-electron chi connectivity index (χ2n) is 4.79. The molecule has 0 bridgehead atoms. The van der Waals surface area contributed by atoms with E-state index in [4.69, 9.17) is 0 Å². The van der Waals surface area contributed by atoms with Crippen molar-refractivity contribution in [3.8, 4) is 0 Å². The largest absolute Gasteiger partial charge is 0.308 e. The number of nitrogens with zero attached hydrogens (tertiary/aromatic N) is 1. The van der Waals surface area contributed by atoms with Crippen LogP contribution in [0.15, 0.2) is 35.2 Å². The van der Waals surface area contributed by atoms with Crippen LogP contribution in [0.2, 0.25) is 0 Å². The van der Waals surface area contributed by atoms with Gasteiger partial charge in [-0.3, -0.25) is 0 Å². The highest BCUT2D eigenvalue weighted by molar-refractivity contribution is 7.07. The van der Waals surface area contributed by atoms with Crippen LogP contribution < -0.4 is 5.32 Å². The van der Waals surface area contributed by atoms with Crippen molar-refractivity contribution in [1.82, 2.24) is 10.3 Å². The highest BCUT2D eigenvalue weighted by atomic mass is 32.1. The Morgan fingerprint density at radius 2 is 1.89 bits per heavy atom. The number of benzene rings is 1. The minimum Gasteiger partial charge on any atom is -0.308 e. The Balaban J connectivity index is 2.06. The number of aromatic nitrogens is 1. The van der Waals surface area contributed by atoms with Gasteiger partial charge < -0.3 is 5.32 Å². The summed E-state index contributed by atoms with van der Waals surface area (Å²) in [4.78, 5) is 4.46. The van der Waals surface area contributed by atoms with Crippen molar-refractivity contribution in [2.75, 3.05) is 6.54 Å². The van der Waals surface area contributed by atoms with Gasteiger partial charge in [0.1, 0.15) is 0 Å². The average molecular weight is 274 g/mol. The van der Waals surface area contributed by atoms with Gasteiger partial charge in [-0.05, 0) is 36.9 Å². The third kappa shape index (κ3) is 4.15. The maximum absolute atomic E-state index is 4.46. The molecule has 0 spiro atoms. The first kappa shape index (κ1) is 14.2.